The minimum absolute atomic E-state index is 0.0418. The lowest BCUT2D eigenvalue weighted by atomic mass is 9.98. The summed E-state index contributed by atoms with van der Waals surface area (Å²) in [4.78, 5) is 19.5. The molecule has 27 heavy (non-hydrogen) atoms. The summed E-state index contributed by atoms with van der Waals surface area (Å²) in [6.45, 7) is 4.09. The summed E-state index contributed by atoms with van der Waals surface area (Å²) >= 11 is 5.09. The number of thiazole rings is 1. The lowest BCUT2D eigenvalue weighted by molar-refractivity contribution is 0.0672. The van der Waals surface area contributed by atoms with Gasteiger partial charge in [0.1, 0.15) is 5.76 Å². The molecule has 1 aliphatic heterocycles. The van der Waals surface area contributed by atoms with Gasteiger partial charge in [-0.3, -0.25) is 9.48 Å². The Labute approximate surface area is 170 Å². The fourth-order valence-corrected chi connectivity index (χ4v) is 4.71. The number of rotatable bonds is 5. The zero-order valence-electron chi connectivity index (χ0n) is 15.1. The Bertz CT molecular complexity index is 932. The van der Waals surface area contributed by atoms with E-state index in [-0.39, 0.29) is 5.91 Å². The Morgan fingerprint density at radius 2 is 2.33 bits per heavy atom. The SMILES string of the molecule is CCc1csc(C2CCCN(C(=O)c3ccc(Cn4cc(Br)cn4)o3)C2)n1. The maximum Gasteiger partial charge on any atom is 0.289 e. The Morgan fingerprint density at radius 3 is 3.07 bits per heavy atom. The quantitative estimate of drug-likeness (QED) is 0.582. The van der Waals surface area contributed by atoms with E-state index >= 15 is 0 Å². The van der Waals surface area contributed by atoms with Gasteiger partial charge in [-0.05, 0) is 47.3 Å². The van der Waals surface area contributed by atoms with Crippen molar-refractivity contribution < 1.29 is 9.21 Å². The number of likely N-dealkylation sites (tertiary alicyclic amines) is 1. The zero-order chi connectivity index (χ0) is 18.8. The number of hydrogen-bond acceptors (Lipinski definition) is 5. The molecule has 0 radical (unpaired) electrons. The number of piperidine rings is 1. The van der Waals surface area contributed by atoms with Crippen molar-refractivity contribution in [3.05, 3.63) is 56.6 Å². The van der Waals surface area contributed by atoms with Crippen LogP contribution in [-0.2, 0) is 13.0 Å². The van der Waals surface area contributed by atoms with Crippen molar-refractivity contribution in [2.45, 2.75) is 38.6 Å². The van der Waals surface area contributed by atoms with Gasteiger partial charge in [-0.2, -0.15) is 5.10 Å². The Balaban J connectivity index is 1.42. The third kappa shape index (κ3) is 4.16. The smallest absolute Gasteiger partial charge is 0.289 e. The summed E-state index contributed by atoms with van der Waals surface area (Å²) in [5.74, 6) is 1.39. The second kappa shape index (κ2) is 7.98. The van der Waals surface area contributed by atoms with Crippen LogP contribution in [0.2, 0.25) is 0 Å². The number of hydrogen-bond donors (Lipinski definition) is 0. The average molecular weight is 449 g/mol. The molecule has 3 aromatic rings. The topological polar surface area (TPSA) is 64.2 Å². The fourth-order valence-electron chi connectivity index (χ4n) is 3.35. The molecule has 4 rings (SSSR count). The van der Waals surface area contributed by atoms with Crippen molar-refractivity contribution in [2.24, 2.45) is 0 Å². The molecule has 142 valence electrons. The third-order valence-electron chi connectivity index (χ3n) is 4.78. The zero-order valence-corrected chi connectivity index (χ0v) is 17.5. The molecule has 6 nitrogen and oxygen atoms in total. The summed E-state index contributed by atoms with van der Waals surface area (Å²) in [6.07, 6.45) is 6.63. The first kappa shape index (κ1) is 18.4. The van der Waals surface area contributed by atoms with E-state index in [0.29, 0.717) is 24.8 Å². The molecule has 1 fully saturated rings. The van der Waals surface area contributed by atoms with E-state index in [9.17, 15) is 4.79 Å². The van der Waals surface area contributed by atoms with Crippen LogP contribution in [-0.4, -0.2) is 38.7 Å². The maximum atomic E-state index is 12.9. The Morgan fingerprint density at radius 1 is 1.44 bits per heavy atom. The molecule has 0 N–H and O–H groups in total. The van der Waals surface area contributed by atoms with Gasteiger partial charge in [0.05, 0.1) is 27.9 Å². The molecule has 8 heteroatoms. The molecule has 3 aromatic heterocycles. The number of halogens is 1. The highest BCUT2D eigenvalue weighted by atomic mass is 79.9. The van der Waals surface area contributed by atoms with Crippen molar-refractivity contribution in [3.63, 3.8) is 0 Å². The van der Waals surface area contributed by atoms with Gasteiger partial charge < -0.3 is 9.32 Å². The average Bonchev–Trinajstić information content (AvgIpc) is 3.42. The lowest BCUT2D eigenvalue weighted by Gasteiger charge is -2.31. The minimum atomic E-state index is -0.0418. The monoisotopic (exact) mass is 448 g/mol. The Hall–Kier alpha value is -1.93. The molecule has 1 saturated heterocycles. The molecule has 0 aliphatic carbocycles. The van der Waals surface area contributed by atoms with Gasteiger partial charge in [0, 0.05) is 30.6 Å². The van der Waals surface area contributed by atoms with Crippen molar-refractivity contribution in [3.8, 4) is 0 Å². The van der Waals surface area contributed by atoms with Crippen LogP contribution in [0.4, 0.5) is 0 Å². The van der Waals surface area contributed by atoms with Crippen LogP contribution in [0.1, 0.15) is 52.7 Å². The number of amides is 1. The fraction of sp³-hybridized carbons (Fsp3) is 0.421. The molecular formula is C19H21BrN4O2S. The number of aromatic nitrogens is 3. The molecule has 0 saturated carbocycles. The molecule has 4 heterocycles. The molecule has 1 amide bonds. The largest absolute Gasteiger partial charge is 0.454 e. The lowest BCUT2D eigenvalue weighted by Crippen LogP contribution is -2.39. The summed E-state index contributed by atoms with van der Waals surface area (Å²) in [5, 5.41) is 7.49. The third-order valence-corrected chi connectivity index (χ3v) is 6.25. The minimum Gasteiger partial charge on any atom is -0.454 e. The van der Waals surface area contributed by atoms with E-state index in [4.69, 9.17) is 9.40 Å². The first-order valence-corrected chi connectivity index (χ1v) is 10.8. The molecule has 1 aliphatic rings. The number of carbonyl (C=O) groups excluding carboxylic acids is 1. The van der Waals surface area contributed by atoms with Crippen molar-refractivity contribution in [2.75, 3.05) is 13.1 Å². The van der Waals surface area contributed by atoms with E-state index in [1.165, 1.54) is 0 Å². The van der Waals surface area contributed by atoms with Gasteiger partial charge in [-0.1, -0.05) is 6.92 Å². The van der Waals surface area contributed by atoms with E-state index < -0.39 is 0 Å². The predicted molar refractivity (Wildman–Crippen MR) is 107 cm³/mol. The van der Waals surface area contributed by atoms with Crippen LogP contribution in [0.5, 0.6) is 0 Å². The number of furan rings is 1. The van der Waals surface area contributed by atoms with Gasteiger partial charge >= 0.3 is 0 Å². The predicted octanol–water partition coefficient (Wildman–Crippen LogP) is 4.33. The highest BCUT2D eigenvalue weighted by Gasteiger charge is 2.28. The van der Waals surface area contributed by atoms with Crippen LogP contribution < -0.4 is 0 Å². The van der Waals surface area contributed by atoms with Crippen molar-refractivity contribution >= 4 is 33.2 Å². The summed E-state index contributed by atoms with van der Waals surface area (Å²) in [6, 6.07) is 3.61. The second-order valence-corrected chi connectivity index (χ2v) is 8.55. The van der Waals surface area contributed by atoms with Crippen LogP contribution >= 0.6 is 27.3 Å². The highest BCUT2D eigenvalue weighted by Crippen LogP contribution is 2.30. The van der Waals surface area contributed by atoms with Crippen LogP contribution in [0, 0.1) is 0 Å². The normalized spacial score (nSPS) is 17.4. The molecule has 1 atom stereocenters. The first-order chi connectivity index (χ1) is 13.1. The first-order valence-electron chi connectivity index (χ1n) is 9.12. The number of nitrogens with zero attached hydrogens (tertiary/aromatic N) is 4. The molecular weight excluding hydrogens is 428 g/mol. The summed E-state index contributed by atoms with van der Waals surface area (Å²) < 4.78 is 8.47. The Kier molecular flexibility index (Phi) is 5.45. The van der Waals surface area contributed by atoms with Crippen LogP contribution in [0.25, 0.3) is 0 Å². The second-order valence-electron chi connectivity index (χ2n) is 6.74. The van der Waals surface area contributed by atoms with E-state index in [0.717, 1.165) is 46.7 Å². The van der Waals surface area contributed by atoms with Gasteiger partial charge in [0.2, 0.25) is 0 Å². The van der Waals surface area contributed by atoms with Gasteiger partial charge in [-0.25, -0.2) is 4.98 Å². The molecule has 0 spiro atoms. The van der Waals surface area contributed by atoms with Gasteiger partial charge in [0.25, 0.3) is 5.91 Å². The summed E-state index contributed by atoms with van der Waals surface area (Å²) in [5.41, 5.74) is 1.14. The molecule has 0 bridgehead atoms. The summed E-state index contributed by atoms with van der Waals surface area (Å²) in [7, 11) is 0. The van der Waals surface area contributed by atoms with Gasteiger partial charge in [-0.15, -0.1) is 11.3 Å². The van der Waals surface area contributed by atoms with E-state index in [1.54, 1.807) is 28.3 Å². The molecule has 0 aromatic carbocycles. The van der Waals surface area contributed by atoms with E-state index in [2.05, 4.69) is 33.3 Å². The molecule has 1 unspecified atom stereocenters. The highest BCUT2D eigenvalue weighted by molar-refractivity contribution is 9.10. The maximum absolute atomic E-state index is 12.9. The van der Waals surface area contributed by atoms with Crippen LogP contribution in [0.3, 0.4) is 0 Å². The number of carbonyl (C=O) groups is 1. The van der Waals surface area contributed by atoms with Crippen molar-refractivity contribution in [1.29, 1.82) is 0 Å². The van der Waals surface area contributed by atoms with E-state index in [1.807, 2.05) is 17.2 Å². The standard InChI is InChI=1S/C19H21BrN4O2S/c1-2-15-12-27-18(22-15)13-4-3-7-23(9-13)19(25)17-6-5-16(26-17)11-24-10-14(20)8-21-24/h5-6,8,10,12-13H,2-4,7,9,11H2,1H3. The van der Waals surface area contributed by atoms with Crippen molar-refractivity contribution in [1.82, 2.24) is 19.7 Å². The van der Waals surface area contributed by atoms with Gasteiger partial charge in [0.15, 0.2) is 5.76 Å². The number of aryl methyl sites for hydroxylation is 1. The van der Waals surface area contributed by atoms with Crippen LogP contribution in [0.15, 0.2) is 38.8 Å².